The van der Waals surface area contributed by atoms with E-state index in [0.717, 1.165) is 6.07 Å². The highest BCUT2D eigenvalue weighted by molar-refractivity contribution is 6.30. The van der Waals surface area contributed by atoms with Gasteiger partial charge < -0.3 is 23.9 Å². The minimum absolute atomic E-state index is 0.000390. The quantitative estimate of drug-likeness (QED) is 0.443. The molecule has 1 N–H and O–H groups in total. The molecule has 3 saturated carbocycles. The number of nitrogens with one attached hydrogen (secondary N) is 1. The van der Waals surface area contributed by atoms with Gasteiger partial charge in [-0.05, 0) is 51.3 Å². The molecule has 3 aliphatic carbocycles. The second-order valence-corrected chi connectivity index (χ2v) is 9.70. The Morgan fingerprint density at radius 3 is 2.63 bits per heavy atom. The number of hydrogen-bond donors (Lipinski definition) is 1. The molecule has 3 aromatic rings. The van der Waals surface area contributed by atoms with Gasteiger partial charge >= 0.3 is 0 Å². The van der Waals surface area contributed by atoms with Crippen LogP contribution in [0.25, 0.3) is 0 Å². The molecule has 1 aromatic carbocycles. The van der Waals surface area contributed by atoms with Crippen LogP contribution in [0.2, 0.25) is 5.02 Å². The van der Waals surface area contributed by atoms with Gasteiger partial charge in [-0.15, -0.1) is 10.2 Å². The second kappa shape index (κ2) is 8.99. The lowest BCUT2D eigenvalue weighted by Gasteiger charge is -2.68. The van der Waals surface area contributed by atoms with Gasteiger partial charge in [-0.1, -0.05) is 11.6 Å². The predicted molar refractivity (Wildman–Crippen MR) is 122 cm³/mol. The Morgan fingerprint density at radius 1 is 1.17 bits per heavy atom. The van der Waals surface area contributed by atoms with Gasteiger partial charge in [-0.3, -0.25) is 4.79 Å². The van der Waals surface area contributed by atoms with Crippen molar-refractivity contribution < 1.29 is 27.8 Å². The molecule has 0 aliphatic heterocycles. The number of aromatic nitrogens is 3. The summed E-state index contributed by atoms with van der Waals surface area (Å²) in [6.45, 7) is 3.78. The van der Waals surface area contributed by atoms with E-state index in [-0.39, 0.29) is 47.0 Å². The van der Waals surface area contributed by atoms with Crippen LogP contribution < -0.4 is 19.5 Å². The Kier molecular flexibility index (Phi) is 6.00. The third-order valence-corrected chi connectivity index (χ3v) is 6.35. The maximum atomic E-state index is 13.5. The van der Waals surface area contributed by atoms with E-state index in [9.17, 15) is 9.18 Å². The molecule has 9 nitrogen and oxygen atoms in total. The highest BCUT2D eigenvalue weighted by atomic mass is 35.5. The SMILES string of the molecule is CC(C)Oc1ccc(OCc2nnc(C34CC(NC(=O)COc5ccc(Cl)c(F)c5)(C3)C4)o2)cn1. The van der Waals surface area contributed by atoms with Gasteiger partial charge in [0.25, 0.3) is 11.8 Å². The fourth-order valence-electron chi connectivity index (χ4n) is 4.63. The van der Waals surface area contributed by atoms with E-state index in [4.69, 9.17) is 30.2 Å². The molecule has 0 saturated heterocycles. The second-order valence-electron chi connectivity index (χ2n) is 9.29. The Balaban J connectivity index is 1.07. The van der Waals surface area contributed by atoms with E-state index in [1.807, 2.05) is 13.8 Å². The summed E-state index contributed by atoms with van der Waals surface area (Å²) in [6, 6.07) is 7.55. The summed E-state index contributed by atoms with van der Waals surface area (Å²) in [4.78, 5) is 16.5. The number of rotatable bonds is 10. The number of halogens is 2. The molecule has 0 atom stereocenters. The minimum Gasteiger partial charge on any atom is -0.484 e. The predicted octanol–water partition coefficient (Wildman–Crippen LogP) is 3.99. The van der Waals surface area contributed by atoms with Crippen LogP contribution in [-0.2, 0) is 16.8 Å². The average molecular weight is 503 g/mol. The summed E-state index contributed by atoms with van der Waals surface area (Å²) in [7, 11) is 0. The van der Waals surface area contributed by atoms with Crippen LogP contribution in [0, 0.1) is 5.82 Å². The highest BCUT2D eigenvalue weighted by Gasteiger charge is 2.71. The molecule has 2 aromatic heterocycles. The van der Waals surface area contributed by atoms with Crippen molar-refractivity contribution in [3.8, 4) is 17.4 Å². The molecule has 3 aliphatic rings. The molecule has 2 heterocycles. The van der Waals surface area contributed by atoms with Gasteiger partial charge in [0.15, 0.2) is 13.2 Å². The van der Waals surface area contributed by atoms with Gasteiger partial charge in [0.05, 0.1) is 22.7 Å². The van der Waals surface area contributed by atoms with Crippen LogP contribution in [0.5, 0.6) is 17.4 Å². The molecule has 2 bridgehead atoms. The van der Waals surface area contributed by atoms with Crippen molar-refractivity contribution in [3.63, 3.8) is 0 Å². The van der Waals surface area contributed by atoms with Crippen LogP contribution in [-0.4, -0.2) is 39.3 Å². The zero-order chi connectivity index (χ0) is 24.6. The molecule has 35 heavy (non-hydrogen) atoms. The summed E-state index contributed by atoms with van der Waals surface area (Å²) in [5, 5.41) is 11.3. The number of ether oxygens (including phenoxy) is 3. The normalized spacial score (nSPS) is 22.2. The number of pyridine rings is 1. The lowest BCUT2D eigenvalue weighted by atomic mass is 9.39. The first-order valence-electron chi connectivity index (χ1n) is 11.2. The zero-order valence-electron chi connectivity index (χ0n) is 19.2. The van der Waals surface area contributed by atoms with Gasteiger partial charge in [-0.25, -0.2) is 9.37 Å². The molecule has 6 rings (SSSR count). The van der Waals surface area contributed by atoms with Crippen LogP contribution in [0.4, 0.5) is 4.39 Å². The molecule has 0 radical (unpaired) electrons. The van der Waals surface area contributed by atoms with E-state index in [0.29, 0.717) is 42.7 Å². The number of hydrogen-bond acceptors (Lipinski definition) is 8. The lowest BCUT2D eigenvalue weighted by molar-refractivity contribution is -0.143. The van der Waals surface area contributed by atoms with Crippen molar-refractivity contribution in [1.29, 1.82) is 0 Å². The fourth-order valence-corrected chi connectivity index (χ4v) is 4.75. The molecule has 0 spiro atoms. The third-order valence-electron chi connectivity index (χ3n) is 6.04. The van der Waals surface area contributed by atoms with Gasteiger partial charge in [0, 0.05) is 17.7 Å². The van der Waals surface area contributed by atoms with Crippen LogP contribution >= 0.6 is 11.6 Å². The lowest BCUT2D eigenvalue weighted by Crippen LogP contribution is -2.77. The van der Waals surface area contributed by atoms with E-state index >= 15 is 0 Å². The van der Waals surface area contributed by atoms with Crippen LogP contribution in [0.15, 0.2) is 40.9 Å². The monoisotopic (exact) mass is 502 g/mol. The van der Waals surface area contributed by atoms with Crippen LogP contribution in [0.3, 0.4) is 0 Å². The smallest absolute Gasteiger partial charge is 0.258 e. The maximum Gasteiger partial charge on any atom is 0.258 e. The molecule has 11 heteroatoms. The molecular weight excluding hydrogens is 479 g/mol. The number of amides is 1. The van der Waals surface area contributed by atoms with E-state index in [2.05, 4.69) is 20.5 Å². The minimum atomic E-state index is -0.596. The van der Waals surface area contributed by atoms with E-state index in [1.54, 1.807) is 18.3 Å². The topological polar surface area (TPSA) is 109 Å². The van der Waals surface area contributed by atoms with Crippen molar-refractivity contribution >= 4 is 17.5 Å². The molecule has 0 unspecified atom stereocenters. The van der Waals surface area contributed by atoms with E-state index in [1.165, 1.54) is 12.1 Å². The largest absolute Gasteiger partial charge is 0.484 e. The summed E-state index contributed by atoms with van der Waals surface area (Å²) < 4.78 is 35.9. The molecule has 3 fully saturated rings. The fraction of sp³-hybridized carbons (Fsp3) is 0.417. The number of benzene rings is 1. The third kappa shape index (κ3) is 4.88. The zero-order valence-corrected chi connectivity index (χ0v) is 20.0. The van der Waals surface area contributed by atoms with Crippen LogP contribution in [0.1, 0.15) is 44.9 Å². The number of nitrogens with zero attached hydrogens (tertiary/aromatic N) is 3. The first kappa shape index (κ1) is 23.3. The van der Waals surface area contributed by atoms with E-state index < -0.39 is 5.82 Å². The van der Waals surface area contributed by atoms with Crippen molar-refractivity contribution in [2.45, 2.75) is 56.8 Å². The van der Waals surface area contributed by atoms with Gasteiger partial charge in [0.2, 0.25) is 11.8 Å². The standard InChI is InChI=1S/C24H24ClFN4O5/c1-14(2)34-20-6-4-16(8-27-20)33-10-21-29-30-22(35-21)23-11-24(12-23,13-23)28-19(31)9-32-15-3-5-17(25)18(26)7-15/h3-8,14H,9-13H2,1-2H3,(H,28,31). The summed E-state index contributed by atoms with van der Waals surface area (Å²) >= 11 is 5.65. The Labute approximate surface area is 205 Å². The Morgan fingerprint density at radius 2 is 1.94 bits per heavy atom. The molecule has 1 amide bonds. The highest BCUT2D eigenvalue weighted by Crippen LogP contribution is 2.67. The Bertz CT molecular complexity index is 1210. The summed E-state index contributed by atoms with van der Waals surface area (Å²) in [5.74, 6) is 1.40. The average Bonchev–Trinajstić information content (AvgIpc) is 3.24. The van der Waals surface area contributed by atoms with Crippen molar-refractivity contribution in [2.75, 3.05) is 6.61 Å². The summed E-state index contributed by atoms with van der Waals surface area (Å²) in [5.41, 5.74) is -0.502. The van der Waals surface area contributed by atoms with Crippen molar-refractivity contribution in [3.05, 3.63) is 59.1 Å². The van der Waals surface area contributed by atoms with Gasteiger partial charge in [0.1, 0.15) is 17.3 Å². The summed E-state index contributed by atoms with van der Waals surface area (Å²) in [6.07, 6.45) is 3.76. The maximum absolute atomic E-state index is 13.5. The molecule has 184 valence electrons. The molecular formula is C24H24ClFN4O5. The number of carbonyl (C=O) groups is 1. The van der Waals surface area contributed by atoms with Gasteiger partial charge in [-0.2, -0.15) is 0 Å². The first-order valence-corrected chi connectivity index (χ1v) is 11.6. The first-order chi connectivity index (χ1) is 16.7. The Hall–Kier alpha value is -3.40. The van der Waals surface area contributed by atoms with Crippen molar-refractivity contribution in [1.82, 2.24) is 20.5 Å². The number of carbonyl (C=O) groups excluding carboxylic acids is 1. The van der Waals surface area contributed by atoms with Crippen molar-refractivity contribution in [2.24, 2.45) is 0 Å².